The number of benzene rings is 1. The normalized spacial score (nSPS) is 12.0. The molecule has 0 aliphatic carbocycles. The highest BCUT2D eigenvalue weighted by molar-refractivity contribution is 9.10. The van der Waals surface area contributed by atoms with Crippen LogP contribution in [0.3, 0.4) is 0 Å². The van der Waals surface area contributed by atoms with Crippen molar-refractivity contribution in [1.29, 1.82) is 0 Å². The van der Waals surface area contributed by atoms with E-state index in [1.807, 2.05) is 43.3 Å². The molecule has 1 heterocycles. The van der Waals surface area contributed by atoms with Crippen molar-refractivity contribution in [1.82, 2.24) is 10.3 Å². The summed E-state index contributed by atoms with van der Waals surface area (Å²) in [4.78, 5) is 16.3. The molecule has 1 aromatic heterocycles. The van der Waals surface area contributed by atoms with E-state index in [9.17, 15) is 4.79 Å². The van der Waals surface area contributed by atoms with Gasteiger partial charge in [0.15, 0.2) is 0 Å². The number of hydrogen-bond donors (Lipinski definition) is 1. The van der Waals surface area contributed by atoms with E-state index < -0.39 is 0 Å². The lowest BCUT2D eigenvalue weighted by molar-refractivity contribution is -0.121. The van der Waals surface area contributed by atoms with Crippen LogP contribution in [-0.4, -0.2) is 10.9 Å². The predicted molar refractivity (Wildman–Crippen MR) is 91.0 cm³/mol. The van der Waals surface area contributed by atoms with Crippen LogP contribution in [0.25, 0.3) is 0 Å². The van der Waals surface area contributed by atoms with E-state index in [4.69, 9.17) is 0 Å². The Hall–Kier alpha value is -1.20. The zero-order chi connectivity index (χ0) is 15.2. The fourth-order valence-corrected chi connectivity index (χ4v) is 2.70. The van der Waals surface area contributed by atoms with E-state index in [0.717, 1.165) is 20.2 Å². The maximum atomic E-state index is 12.0. The van der Waals surface area contributed by atoms with Crippen LogP contribution >= 0.6 is 31.9 Å². The molecule has 0 spiro atoms. The molecule has 1 atom stereocenters. The Balaban J connectivity index is 1.87. The summed E-state index contributed by atoms with van der Waals surface area (Å²) in [5, 5.41) is 2.97. The molecular formula is C16H16Br2N2O. The van der Waals surface area contributed by atoms with Gasteiger partial charge in [-0.25, -0.2) is 0 Å². The van der Waals surface area contributed by atoms with Crippen molar-refractivity contribution in [3.8, 4) is 0 Å². The molecule has 1 aromatic carbocycles. The lowest BCUT2D eigenvalue weighted by atomic mass is 10.1. The number of carbonyl (C=O) groups excluding carboxylic acids is 1. The third kappa shape index (κ3) is 4.93. The minimum Gasteiger partial charge on any atom is -0.348 e. The lowest BCUT2D eigenvalue weighted by Gasteiger charge is -2.13. The highest BCUT2D eigenvalue weighted by atomic mass is 79.9. The third-order valence-corrected chi connectivity index (χ3v) is 4.39. The van der Waals surface area contributed by atoms with Gasteiger partial charge in [-0.05, 0) is 53.0 Å². The van der Waals surface area contributed by atoms with E-state index in [2.05, 4.69) is 42.2 Å². The summed E-state index contributed by atoms with van der Waals surface area (Å²) < 4.78 is 1.97. The van der Waals surface area contributed by atoms with Crippen molar-refractivity contribution in [3.63, 3.8) is 0 Å². The van der Waals surface area contributed by atoms with Crippen LogP contribution in [0.1, 0.15) is 30.6 Å². The van der Waals surface area contributed by atoms with Crippen molar-refractivity contribution in [2.24, 2.45) is 0 Å². The quantitative estimate of drug-likeness (QED) is 0.791. The Morgan fingerprint density at radius 3 is 2.67 bits per heavy atom. The van der Waals surface area contributed by atoms with Crippen LogP contribution in [0.2, 0.25) is 0 Å². The summed E-state index contributed by atoms with van der Waals surface area (Å²) >= 11 is 6.84. The van der Waals surface area contributed by atoms with Gasteiger partial charge in [0.05, 0.1) is 11.7 Å². The molecule has 0 bridgehead atoms. The average molecular weight is 412 g/mol. The first kappa shape index (κ1) is 16.2. The Kier molecular flexibility index (Phi) is 5.94. The van der Waals surface area contributed by atoms with Crippen LogP contribution in [0, 0.1) is 0 Å². The van der Waals surface area contributed by atoms with Crippen LogP contribution in [0.4, 0.5) is 0 Å². The third-order valence-electron chi connectivity index (χ3n) is 3.15. The van der Waals surface area contributed by atoms with E-state index in [1.54, 1.807) is 6.20 Å². The molecule has 0 radical (unpaired) electrons. The molecule has 21 heavy (non-hydrogen) atoms. The van der Waals surface area contributed by atoms with Crippen molar-refractivity contribution in [2.45, 2.75) is 25.8 Å². The molecule has 5 heteroatoms. The summed E-state index contributed by atoms with van der Waals surface area (Å²) in [7, 11) is 0. The first-order chi connectivity index (χ1) is 10.1. The fourth-order valence-electron chi connectivity index (χ4n) is 1.98. The van der Waals surface area contributed by atoms with Crippen molar-refractivity contribution < 1.29 is 4.79 Å². The number of nitrogens with one attached hydrogen (secondary N) is 1. The van der Waals surface area contributed by atoms with Gasteiger partial charge >= 0.3 is 0 Å². The number of carbonyl (C=O) groups is 1. The molecule has 0 aliphatic rings. The number of aryl methyl sites for hydroxylation is 1. The van der Waals surface area contributed by atoms with E-state index >= 15 is 0 Å². The maximum absolute atomic E-state index is 12.0. The Bertz CT molecular complexity index is 614. The molecular weight excluding hydrogens is 396 g/mol. The zero-order valence-electron chi connectivity index (χ0n) is 11.6. The first-order valence-electron chi connectivity index (χ1n) is 6.70. The summed E-state index contributed by atoms with van der Waals surface area (Å²) in [5.74, 6) is 0.0305. The van der Waals surface area contributed by atoms with E-state index in [-0.39, 0.29) is 11.9 Å². The molecule has 1 N–H and O–H groups in total. The highest BCUT2D eigenvalue weighted by Crippen LogP contribution is 2.18. The van der Waals surface area contributed by atoms with Crippen molar-refractivity contribution in [3.05, 3.63) is 62.8 Å². The monoisotopic (exact) mass is 410 g/mol. The standard InChI is InChI=1S/C16H16Br2N2O/c1-11(15-8-7-13(17)10-19-15)20-16(21)9-6-12-4-2-3-5-14(12)18/h2-5,7-8,10-11H,6,9H2,1H3,(H,20,21)/t11-/m1/s1. The molecule has 2 rings (SSSR count). The molecule has 0 saturated carbocycles. The molecule has 0 aliphatic heterocycles. The number of hydrogen-bond acceptors (Lipinski definition) is 2. The second-order valence-electron chi connectivity index (χ2n) is 4.78. The number of halogens is 2. The van der Waals surface area contributed by atoms with Gasteiger partial charge < -0.3 is 5.32 Å². The Labute approximate surface area is 141 Å². The number of aromatic nitrogens is 1. The smallest absolute Gasteiger partial charge is 0.220 e. The van der Waals surface area contributed by atoms with Crippen LogP contribution in [0.5, 0.6) is 0 Å². The van der Waals surface area contributed by atoms with E-state index in [1.165, 1.54) is 0 Å². The number of amides is 1. The van der Waals surface area contributed by atoms with Gasteiger partial charge in [-0.1, -0.05) is 34.1 Å². The van der Waals surface area contributed by atoms with Crippen LogP contribution < -0.4 is 5.32 Å². The lowest BCUT2D eigenvalue weighted by Crippen LogP contribution is -2.27. The fraction of sp³-hybridized carbons (Fsp3) is 0.250. The minimum atomic E-state index is -0.0928. The molecule has 1 amide bonds. The van der Waals surface area contributed by atoms with Gasteiger partial charge in [-0.15, -0.1) is 0 Å². The molecule has 110 valence electrons. The molecule has 0 saturated heterocycles. The Morgan fingerprint density at radius 2 is 2.00 bits per heavy atom. The van der Waals surface area contributed by atoms with Gasteiger partial charge in [-0.3, -0.25) is 9.78 Å². The first-order valence-corrected chi connectivity index (χ1v) is 8.29. The second kappa shape index (κ2) is 7.71. The predicted octanol–water partition coefficient (Wildman–Crippen LogP) is 4.42. The van der Waals surface area contributed by atoms with Crippen LogP contribution in [0.15, 0.2) is 51.5 Å². The van der Waals surface area contributed by atoms with E-state index in [0.29, 0.717) is 12.8 Å². The Morgan fingerprint density at radius 1 is 1.24 bits per heavy atom. The molecule has 0 fully saturated rings. The van der Waals surface area contributed by atoms with Gasteiger partial charge in [0, 0.05) is 21.6 Å². The second-order valence-corrected chi connectivity index (χ2v) is 6.55. The summed E-state index contributed by atoms with van der Waals surface area (Å²) in [6, 6.07) is 11.7. The number of nitrogens with zero attached hydrogens (tertiary/aromatic N) is 1. The van der Waals surface area contributed by atoms with Crippen molar-refractivity contribution >= 4 is 37.8 Å². The largest absolute Gasteiger partial charge is 0.348 e. The maximum Gasteiger partial charge on any atom is 0.220 e. The number of pyridine rings is 1. The summed E-state index contributed by atoms with van der Waals surface area (Å²) in [6.45, 7) is 1.94. The molecule has 3 nitrogen and oxygen atoms in total. The topological polar surface area (TPSA) is 42.0 Å². The van der Waals surface area contributed by atoms with Gasteiger partial charge in [0.1, 0.15) is 0 Å². The number of rotatable bonds is 5. The van der Waals surface area contributed by atoms with Crippen LogP contribution in [-0.2, 0) is 11.2 Å². The van der Waals surface area contributed by atoms with Crippen molar-refractivity contribution in [2.75, 3.05) is 0 Å². The zero-order valence-corrected chi connectivity index (χ0v) is 14.8. The average Bonchev–Trinajstić information content (AvgIpc) is 2.47. The SMILES string of the molecule is C[C@@H](NC(=O)CCc1ccccc1Br)c1ccc(Br)cn1. The van der Waals surface area contributed by atoms with Gasteiger partial charge in [-0.2, -0.15) is 0 Å². The molecule has 0 unspecified atom stereocenters. The molecule has 2 aromatic rings. The summed E-state index contributed by atoms with van der Waals surface area (Å²) in [6.07, 6.45) is 2.91. The van der Waals surface area contributed by atoms with Gasteiger partial charge in [0.25, 0.3) is 0 Å². The summed E-state index contributed by atoms with van der Waals surface area (Å²) in [5.41, 5.74) is 1.99. The highest BCUT2D eigenvalue weighted by Gasteiger charge is 2.11. The minimum absolute atomic E-state index is 0.0305. The van der Waals surface area contributed by atoms with Gasteiger partial charge in [0.2, 0.25) is 5.91 Å².